The summed E-state index contributed by atoms with van der Waals surface area (Å²) in [4.78, 5) is 11.3. The highest BCUT2D eigenvalue weighted by Crippen LogP contribution is 2.09. The monoisotopic (exact) mass is 262 g/mol. The van der Waals surface area contributed by atoms with Crippen molar-refractivity contribution >= 4 is 33.3 Å². The Kier molecular flexibility index (Phi) is 3.58. The van der Waals surface area contributed by atoms with Crippen LogP contribution in [0.4, 0.5) is 0 Å². The van der Waals surface area contributed by atoms with Gasteiger partial charge in [-0.05, 0) is 12.1 Å². The van der Waals surface area contributed by atoms with Crippen molar-refractivity contribution in [3.63, 3.8) is 0 Å². The quantitative estimate of drug-likeness (QED) is 0.595. The topological polar surface area (TPSA) is 60.4 Å². The summed E-state index contributed by atoms with van der Waals surface area (Å²) in [5.74, 6) is -0.617. The van der Waals surface area contributed by atoms with Gasteiger partial charge in [-0.1, -0.05) is 18.2 Å². The first-order chi connectivity index (χ1) is 6.13. The first-order valence-electron chi connectivity index (χ1n) is 3.27. The molecule has 0 heterocycles. The van der Waals surface area contributed by atoms with Crippen LogP contribution in [0.25, 0.3) is 0 Å². The number of benzene rings is 1. The van der Waals surface area contributed by atoms with Gasteiger partial charge >= 0.3 is 0 Å². The van der Waals surface area contributed by atoms with Crippen molar-refractivity contribution in [3.8, 4) is 0 Å². The molecule has 0 fully saturated rings. The summed E-state index contributed by atoms with van der Waals surface area (Å²) in [6, 6.07) is 8.11. The second-order valence-corrected chi connectivity index (χ2v) is 4.11. The van der Waals surface area contributed by atoms with Gasteiger partial charge in [0.1, 0.15) is 0 Å². The van der Waals surface area contributed by atoms with Crippen LogP contribution >= 0.6 is 16.1 Å². The molecule has 1 unspecified atom stereocenters. The van der Waals surface area contributed by atoms with Gasteiger partial charge in [0.15, 0.2) is 0 Å². The van der Waals surface area contributed by atoms with E-state index in [-0.39, 0.29) is 0 Å². The lowest BCUT2D eigenvalue weighted by Gasteiger charge is -2.15. The largest absolute Gasteiger partial charge is 0.754 e. The molecule has 1 rings (SSSR count). The minimum atomic E-state index is -2.59. The predicted molar refractivity (Wildman–Crippen MR) is 50.5 cm³/mol. The van der Waals surface area contributed by atoms with Gasteiger partial charge in [-0.15, -0.1) is 0 Å². The van der Waals surface area contributed by atoms with Crippen molar-refractivity contribution in [2.24, 2.45) is 0 Å². The number of carbonyl (C=O) groups is 1. The molecule has 0 saturated carbocycles. The number of hydrogen-bond acceptors (Lipinski definition) is 3. The van der Waals surface area contributed by atoms with E-state index in [0.717, 1.165) is 0 Å². The maximum atomic E-state index is 11.3. The number of rotatable bonds is 2. The third-order valence-corrected chi connectivity index (χ3v) is 2.77. The van der Waals surface area contributed by atoms with E-state index >= 15 is 0 Å². The number of halogens is 1. The van der Waals surface area contributed by atoms with E-state index in [1.165, 1.54) is 12.1 Å². The van der Waals surface area contributed by atoms with Crippen molar-refractivity contribution in [2.75, 3.05) is 0 Å². The van der Waals surface area contributed by atoms with Crippen LogP contribution in [0.1, 0.15) is 10.4 Å². The lowest BCUT2D eigenvalue weighted by Crippen LogP contribution is -2.22. The lowest BCUT2D eigenvalue weighted by molar-refractivity contribution is 0.0931. The molecule has 0 N–H and O–H groups in total. The maximum Gasteiger partial charge on any atom is 0.275 e. The summed E-state index contributed by atoms with van der Waals surface area (Å²) in [6.07, 6.45) is 0. The molecule has 0 aromatic heterocycles. The van der Waals surface area contributed by atoms with E-state index in [9.17, 15) is 13.6 Å². The summed E-state index contributed by atoms with van der Waals surface area (Å²) in [6.45, 7) is 0. The Labute approximate surface area is 86.3 Å². The van der Waals surface area contributed by atoms with Gasteiger partial charge in [-0.2, -0.15) is 3.33 Å². The molecule has 0 radical (unpaired) electrons. The zero-order valence-corrected chi connectivity index (χ0v) is 8.75. The SMILES string of the molecule is O=C(c1ccccc1)N(Br)S(=O)[O-]. The molecule has 6 heteroatoms. The standard InChI is InChI=1S/C7H6BrNO3S/c8-9(13(11)12)7(10)6-4-2-1-3-5-6/h1-5H,(H,11,12)/p-1. The van der Waals surface area contributed by atoms with Crippen molar-refractivity contribution < 1.29 is 13.6 Å². The normalized spacial score (nSPS) is 12.2. The maximum absolute atomic E-state index is 11.3. The third kappa shape index (κ3) is 2.61. The highest BCUT2D eigenvalue weighted by atomic mass is 79.9. The Hall–Kier alpha value is -0.720. The highest BCUT2D eigenvalue weighted by molar-refractivity contribution is 9.09. The second kappa shape index (κ2) is 4.50. The molecule has 1 amide bonds. The van der Waals surface area contributed by atoms with Crippen LogP contribution in [0, 0.1) is 0 Å². The fourth-order valence-electron chi connectivity index (χ4n) is 0.750. The Morgan fingerprint density at radius 3 is 2.38 bits per heavy atom. The summed E-state index contributed by atoms with van der Waals surface area (Å²) >= 11 is 0.0250. The van der Waals surface area contributed by atoms with Crippen LogP contribution in [0.3, 0.4) is 0 Å². The molecule has 4 nitrogen and oxygen atoms in total. The van der Waals surface area contributed by atoms with Gasteiger partial charge in [0.25, 0.3) is 5.91 Å². The zero-order valence-electron chi connectivity index (χ0n) is 6.34. The molecular formula is C7H5BrNO3S-. The van der Waals surface area contributed by atoms with Crippen molar-refractivity contribution in [3.05, 3.63) is 35.9 Å². The first kappa shape index (κ1) is 10.4. The molecule has 0 aliphatic rings. The van der Waals surface area contributed by atoms with E-state index in [0.29, 0.717) is 8.89 Å². The summed E-state index contributed by atoms with van der Waals surface area (Å²) in [5, 5.41) is 0. The molecule has 0 aliphatic carbocycles. The molecule has 1 aromatic carbocycles. The average Bonchev–Trinajstić information content (AvgIpc) is 2.17. The highest BCUT2D eigenvalue weighted by Gasteiger charge is 2.12. The Balaban J connectivity index is 2.86. The predicted octanol–water partition coefficient (Wildman–Crippen LogP) is 1.23. The van der Waals surface area contributed by atoms with E-state index < -0.39 is 17.2 Å². The summed E-state index contributed by atoms with van der Waals surface area (Å²) in [5.41, 5.74) is 0.309. The third-order valence-electron chi connectivity index (χ3n) is 1.31. The van der Waals surface area contributed by atoms with Gasteiger partial charge < -0.3 is 4.55 Å². The van der Waals surface area contributed by atoms with E-state index in [1.54, 1.807) is 18.2 Å². The molecule has 13 heavy (non-hydrogen) atoms. The Morgan fingerprint density at radius 1 is 1.38 bits per heavy atom. The lowest BCUT2D eigenvalue weighted by atomic mass is 10.2. The van der Waals surface area contributed by atoms with Gasteiger partial charge in [0.2, 0.25) is 0 Å². The number of nitrogens with zero attached hydrogens (tertiary/aromatic N) is 1. The van der Waals surface area contributed by atoms with Crippen molar-refractivity contribution in [2.45, 2.75) is 0 Å². The van der Waals surface area contributed by atoms with Gasteiger partial charge in [0, 0.05) is 5.56 Å². The Morgan fingerprint density at radius 2 is 1.92 bits per heavy atom. The smallest absolute Gasteiger partial charge is 0.275 e. The molecule has 0 spiro atoms. The van der Waals surface area contributed by atoms with E-state index in [1.807, 2.05) is 0 Å². The molecule has 0 bridgehead atoms. The molecular weight excluding hydrogens is 258 g/mol. The molecule has 0 aliphatic heterocycles. The Bertz CT molecular complexity index is 330. The first-order valence-corrected chi connectivity index (χ1v) is 5.01. The van der Waals surface area contributed by atoms with Gasteiger partial charge in [-0.25, -0.2) is 0 Å². The second-order valence-electron chi connectivity index (χ2n) is 2.13. The van der Waals surface area contributed by atoms with Crippen LogP contribution < -0.4 is 0 Å². The molecule has 70 valence electrons. The molecule has 0 saturated heterocycles. The summed E-state index contributed by atoms with van der Waals surface area (Å²) < 4.78 is 21.2. The molecule has 1 atom stereocenters. The van der Waals surface area contributed by atoms with Crippen molar-refractivity contribution in [1.82, 2.24) is 3.33 Å². The van der Waals surface area contributed by atoms with Gasteiger partial charge in [0.05, 0.1) is 27.4 Å². The number of amides is 1. The average molecular weight is 263 g/mol. The fourth-order valence-corrected chi connectivity index (χ4v) is 1.20. The fraction of sp³-hybridized carbons (Fsp3) is 0. The molecule has 1 aromatic rings. The van der Waals surface area contributed by atoms with E-state index in [2.05, 4.69) is 16.1 Å². The minimum absolute atomic E-state index is 0.309. The number of hydrogen-bond donors (Lipinski definition) is 0. The van der Waals surface area contributed by atoms with Crippen molar-refractivity contribution in [1.29, 1.82) is 0 Å². The minimum Gasteiger partial charge on any atom is -0.754 e. The van der Waals surface area contributed by atoms with Crippen LogP contribution in [0.15, 0.2) is 30.3 Å². The summed E-state index contributed by atoms with van der Waals surface area (Å²) in [7, 11) is 0. The van der Waals surface area contributed by atoms with E-state index in [4.69, 9.17) is 0 Å². The van der Waals surface area contributed by atoms with Gasteiger partial charge in [-0.3, -0.25) is 9.00 Å². The van der Waals surface area contributed by atoms with Crippen LogP contribution in [-0.4, -0.2) is 18.0 Å². The van der Waals surface area contributed by atoms with Crippen LogP contribution in [-0.2, 0) is 11.3 Å². The van der Waals surface area contributed by atoms with Crippen LogP contribution in [0.5, 0.6) is 0 Å². The zero-order chi connectivity index (χ0) is 9.84. The number of carbonyl (C=O) groups excluding carboxylic acids is 1. The van der Waals surface area contributed by atoms with Crippen LogP contribution in [0.2, 0.25) is 0 Å².